The van der Waals surface area contributed by atoms with Crippen molar-refractivity contribution in [2.24, 2.45) is 16.3 Å². The van der Waals surface area contributed by atoms with Crippen LogP contribution in [-0.2, 0) is 4.79 Å². The molecule has 1 aromatic rings. The maximum absolute atomic E-state index is 12.2. The molecule has 2 rings (SSSR count). The monoisotopic (exact) mass is 263 g/mol. The molecule has 6 heteroatoms. The van der Waals surface area contributed by atoms with Gasteiger partial charge in [-0.1, -0.05) is 11.2 Å². The van der Waals surface area contributed by atoms with Crippen LogP contribution in [0.2, 0.25) is 0 Å². The zero-order chi connectivity index (χ0) is 14.0. The Bertz CT molecular complexity index is 536. The molecule has 102 valence electrons. The van der Waals surface area contributed by atoms with Crippen LogP contribution in [0.5, 0.6) is 5.75 Å². The number of nitrogens with two attached hydrogens (primary N) is 1. The minimum absolute atomic E-state index is 0.0448. The Morgan fingerprint density at radius 2 is 2.21 bits per heavy atom. The highest BCUT2D eigenvalue weighted by molar-refractivity contribution is 6.14. The summed E-state index contributed by atoms with van der Waals surface area (Å²) < 4.78 is 5.20. The summed E-state index contributed by atoms with van der Waals surface area (Å²) in [6, 6.07) is 5.50. The minimum Gasteiger partial charge on any atom is -0.495 e. The van der Waals surface area contributed by atoms with Crippen molar-refractivity contribution < 1.29 is 14.7 Å². The molecule has 1 fully saturated rings. The fraction of sp³-hybridized carbons (Fsp3) is 0.385. The van der Waals surface area contributed by atoms with Crippen LogP contribution in [0, 0.1) is 12.3 Å². The van der Waals surface area contributed by atoms with Crippen LogP contribution in [0.25, 0.3) is 0 Å². The Morgan fingerprint density at radius 3 is 2.74 bits per heavy atom. The van der Waals surface area contributed by atoms with E-state index in [0.29, 0.717) is 24.3 Å². The third-order valence-corrected chi connectivity index (χ3v) is 3.39. The van der Waals surface area contributed by atoms with E-state index in [1.54, 1.807) is 6.07 Å². The Morgan fingerprint density at radius 1 is 1.53 bits per heavy atom. The maximum atomic E-state index is 12.2. The van der Waals surface area contributed by atoms with Crippen molar-refractivity contribution in [3.05, 3.63) is 23.8 Å². The molecule has 19 heavy (non-hydrogen) atoms. The predicted octanol–water partition coefficient (Wildman–Crippen LogP) is 1.47. The van der Waals surface area contributed by atoms with Gasteiger partial charge in [0.1, 0.15) is 11.2 Å². The number of carbonyl (C=O) groups is 1. The molecule has 0 spiro atoms. The molecule has 1 saturated carbocycles. The van der Waals surface area contributed by atoms with E-state index in [-0.39, 0.29) is 11.7 Å². The minimum atomic E-state index is -0.872. The molecule has 0 aliphatic heterocycles. The highest BCUT2D eigenvalue weighted by Crippen LogP contribution is 2.47. The standard InChI is InChI=1S/C13H17N3O3/c1-8-3-4-10(19-2)9(7-8)15-12(17)13(5-6-13)11(14)16-18/h3-4,7,18H,5-6H2,1-2H3,(H2,14,16)(H,15,17). The average molecular weight is 263 g/mol. The van der Waals surface area contributed by atoms with Crippen molar-refractivity contribution in [3.63, 3.8) is 0 Å². The van der Waals surface area contributed by atoms with Gasteiger partial charge in [0.25, 0.3) is 0 Å². The van der Waals surface area contributed by atoms with Crippen molar-refractivity contribution in [2.75, 3.05) is 12.4 Å². The molecule has 1 aromatic carbocycles. The summed E-state index contributed by atoms with van der Waals surface area (Å²) in [5.74, 6) is 0.262. The third-order valence-electron chi connectivity index (χ3n) is 3.39. The number of methoxy groups -OCH3 is 1. The fourth-order valence-electron chi connectivity index (χ4n) is 1.98. The lowest BCUT2D eigenvalue weighted by Gasteiger charge is -2.16. The highest BCUT2D eigenvalue weighted by Gasteiger charge is 2.54. The Hall–Kier alpha value is -2.24. The lowest BCUT2D eigenvalue weighted by Crippen LogP contribution is -2.36. The number of anilines is 1. The quantitative estimate of drug-likeness (QED) is 0.331. The van der Waals surface area contributed by atoms with E-state index in [4.69, 9.17) is 15.7 Å². The number of nitrogens with zero attached hydrogens (tertiary/aromatic N) is 1. The topological polar surface area (TPSA) is 96.9 Å². The number of amides is 1. The Labute approximate surface area is 111 Å². The zero-order valence-electron chi connectivity index (χ0n) is 10.9. The molecule has 0 unspecified atom stereocenters. The van der Waals surface area contributed by atoms with E-state index >= 15 is 0 Å². The SMILES string of the molecule is COc1ccc(C)cc1NC(=O)C1(/C(N)=N/O)CC1. The number of carbonyl (C=O) groups excluding carboxylic acids is 1. The number of nitrogens with one attached hydrogen (secondary N) is 1. The van der Waals surface area contributed by atoms with Gasteiger partial charge in [-0.25, -0.2) is 0 Å². The number of ether oxygens (including phenoxy) is 1. The number of rotatable bonds is 4. The van der Waals surface area contributed by atoms with Crippen LogP contribution in [0.4, 0.5) is 5.69 Å². The van der Waals surface area contributed by atoms with E-state index < -0.39 is 5.41 Å². The molecule has 6 nitrogen and oxygen atoms in total. The summed E-state index contributed by atoms with van der Waals surface area (Å²) in [5, 5.41) is 14.5. The van der Waals surface area contributed by atoms with Crippen LogP contribution in [-0.4, -0.2) is 24.1 Å². The second-order valence-corrected chi connectivity index (χ2v) is 4.73. The third kappa shape index (κ3) is 2.33. The number of benzene rings is 1. The van der Waals surface area contributed by atoms with Crippen molar-refractivity contribution in [1.82, 2.24) is 0 Å². The lowest BCUT2D eigenvalue weighted by molar-refractivity contribution is -0.119. The van der Waals surface area contributed by atoms with Crippen LogP contribution in [0.15, 0.2) is 23.4 Å². The summed E-state index contributed by atoms with van der Waals surface area (Å²) in [4.78, 5) is 12.2. The first-order valence-electron chi connectivity index (χ1n) is 5.97. The van der Waals surface area contributed by atoms with Gasteiger partial charge >= 0.3 is 0 Å². The second-order valence-electron chi connectivity index (χ2n) is 4.73. The molecule has 0 atom stereocenters. The van der Waals surface area contributed by atoms with E-state index in [0.717, 1.165) is 5.56 Å². The van der Waals surface area contributed by atoms with Crippen LogP contribution >= 0.6 is 0 Å². The zero-order valence-corrected chi connectivity index (χ0v) is 10.9. The number of aryl methyl sites for hydroxylation is 1. The summed E-state index contributed by atoms with van der Waals surface area (Å²) in [6.45, 7) is 1.92. The number of oxime groups is 1. The van der Waals surface area contributed by atoms with Crippen LogP contribution in [0.3, 0.4) is 0 Å². The molecule has 1 aliphatic rings. The molecule has 0 radical (unpaired) electrons. The van der Waals surface area contributed by atoms with Crippen molar-refractivity contribution in [3.8, 4) is 5.75 Å². The first-order valence-corrected chi connectivity index (χ1v) is 5.97. The van der Waals surface area contributed by atoms with E-state index in [1.165, 1.54) is 7.11 Å². The molecular formula is C13H17N3O3. The van der Waals surface area contributed by atoms with Gasteiger partial charge in [0, 0.05) is 0 Å². The first kappa shape index (κ1) is 13.2. The predicted molar refractivity (Wildman–Crippen MR) is 71.4 cm³/mol. The molecule has 0 bridgehead atoms. The summed E-state index contributed by atoms with van der Waals surface area (Å²) in [6.07, 6.45) is 1.17. The molecule has 0 heterocycles. The van der Waals surface area contributed by atoms with Gasteiger partial charge in [0.05, 0.1) is 12.8 Å². The number of hydrogen-bond acceptors (Lipinski definition) is 4. The summed E-state index contributed by atoms with van der Waals surface area (Å²) in [5.41, 5.74) is 6.30. The summed E-state index contributed by atoms with van der Waals surface area (Å²) in [7, 11) is 1.54. The van der Waals surface area contributed by atoms with Crippen molar-refractivity contribution >= 4 is 17.4 Å². The van der Waals surface area contributed by atoms with Gasteiger partial charge in [-0.05, 0) is 37.5 Å². The molecule has 1 amide bonds. The average Bonchev–Trinajstić information content (AvgIpc) is 3.19. The van der Waals surface area contributed by atoms with Gasteiger partial charge in [0.2, 0.25) is 5.91 Å². The number of hydrogen-bond donors (Lipinski definition) is 3. The Balaban J connectivity index is 2.22. The van der Waals surface area contributed by atoms with Gasteiger partial charge in [-0.15, -0.1) is 0 Å². The smallest absolute Gasteiger partial charge is 0.238 e. The van der Waals surface area contributed by atoms with Gasteiger partial charge in [-0.3, -0.25) is 4.79 Å². The normalized spacial score (nSPS) is 16.8. The van der Waals surface area contributed by atoms with Gasteiger partial charge in [0.15, 0.2) is 5.84 Å². The van der Waals surface area contributed by atoms with E-state index in [9.17, 15) is 4.79 Å². The molecule has 4 N–H and O–H groups in total. The van der Waals surface area contributed by atoms with E-state index in [2.05, 4.69) is 10.5 Å². The molecule has 0 saturated heterocycles. The van der Waals surface area contributed by atoms with Crippen molar-refractivity contribution in [2.45, 2.75) is 19.8 Å². The Kier molecular flexibility index (Phi) is 3.33. The molecule has 0 aromatic heterocycles. The first-order chi connectivity index (χ1) is 9.03. The number of amidine groups is 1. The molecular weight excluding hydrogens is 246 g/mol. The summed E-state index contributed by atoms with van der Waals surface area (Å²) >= 11 is 0. The van der Waals surface area contributed by atoms with Gasteiger partial charge < -0.3 is 21.0 Å². The van der Waals surface area contributed by atoms with Crippen LogP contribution < -0.4 is 15.8 Å². The fourth-order valence-corrected chi connectivity index (χ4v) is 1.98. The van der Waals surface area contributed by atoms with E-state index in [1.807, 2.05) is 19.1 Å². The van der Waals surface area contributed by atoms with Crippen molar-refractivity contribution in [1.29, 1.82) is 0 Å². The van der Waals surface area contributed by atoms with Gasteiger partial charge in [-0.2, -0.15) is 0 Å². The highest BCUT2D eigenvalue weighted by atomic mass is 16.5. The largest absolute Gasteiger partial charge is 0.495 e. The second kappa shape index (κ2) is 4.79. The lowest BCUT2D eigenvalue weighted by atomic mass is 10.0. The van der Waals surface area contributed by atoms with Crippen LogP contribution in [0.1, 0.15) is 18.4 Å². The maximum Gasteiger partial charge on any atom is 0.238 e. The molecule has 1 aliphatic carbocycles.